The number of hydrogen-bond donors (Lipinski definition) is 1. The monoisotopic (exact) mass is 359 g/mol. The zero-order valence-electron chi connectivity index (χ0n) is 13.3. The molecule has 11 heteroatoms. The molecule has 1 aliphatic heterocycles. The minimum absolute atomic E-state index is 0.0288. The van der Waals surface area contributed by atoms with Crippen LogP contribution in [0, 0.1) is 6.92 Å². The molecule has 3 rings (SSSR count). The highest BCUT2D eigenvalue weighted by molar-refractivity contribution is 5.89. The zero-order valence-corrected chi connectivity index (χ0v) is 13.3. The SMILES string of the molecule is Cc1cc(C(F)(F)F)nn1Cc1noc(C(=O)NC[C@@H]2CCCO2)n1. The van der Waals surface area contributed by atoms with E-state index in [0.29, 0.717) is 18.8 Å². The maximum Gasteiger partial charge on any atom is 0.435 e. The summed E-state index contributed by atoms with van der Waals surface area (Å²) in [5.74, 6) is -0.751. The molecule has 0 aliphatic carbocycles. The van der Waals surface area contributed by atoms with E-state index in [-0.39, 0.29) is 24.4 Å². The van der Waals surface area contributed by atoms with Crippen molar-refractivity contribution in [3.63, 3.8) is 0 Å². The van der Waals surface area contributed by atoms with Crippen LogP contribution >= 0.6 is 0 Å². The number of nitrogens with zero attached hydrogens (tertiary/aromatic N) is 4. The van der Waals surface area contributed by atoms with Crippen molar-refractivity contribution in [3.05, 3.63) is 29.2 Å². The molecule has 1 fully saturated rings. The third-order valence-corrected chi connectivity index (χ3v) is 3.74. The summed E-state index contributed by atoms with van der Waals surface area (Å²) in [5.41, 5.74) is -0.704. The van der Waals surface area contributed by atoms with Crippen LogP contribution in [0.5, 0.6) is 0 Å². The Balaban J connectivity index is 1.61. The Morgan fingerprint density at radius 3 is 2.92 bits per heavy atom. The first-order valence-corrected chi connectivity index (χ1v) is 7.67. The van der Waals surface area contributed by atoms with Gasteiger partial charge in [0.25, 0.3) is 0 Å². The van der Waals surface area contributed by atoms with Crippen LogP contribution in [0.2, 0.25) is 0 Å². The van der Waals surface area contributed by atoms with Crippen LogP contribution in [0.1, 0.15) is 40.7 Å². The average Bonchev–Trinajstić information content (AvgIpc) is 3.27. The molecule has 0 radical (unpaired) electrons. The molecule has 8 nitrogen and oxygen atoms in total. The van der Waals surface area contributed by atoms with Crippen molar-refractivity contribution in [1.29, 1.82) is 0 Å². The molecule has 0 spiro atoms. The smallest absolute Gasteiger partial charge is 0.376 e. The summed E-state index contributed by atoms with van der Waals surface area (Å²) >= 11 is 0. The van der Waals surface area contributed by atoms with E-state index in [0.717, 1.165) is 23.6 Å². The van der Waals surface area contributed by atoms with Crippen molar-refractivity contribution in [2.24, 2.45) is 0 Å². The van der Waals surface area contributed by atoms with E-state index in [1.54, 1.807) is 0 Å². The first-order valence-electron chi connectivity index (χ1n) is 7.67. The molecule has 136 valence electrons. The third kappa shape index (κ3) is 4.16. The molecule has 1 saturated heterocycles. The topological polar surface area (TPSA) is 95.1 Å². The summed E-state index contributed by atoms with van der Waals surface area (Å²) in [5, 5.41) is 9.70. The van der Waals surface area contributed by atoms with Crippen molar-refractivity contribution in [3.8, 4) is 0 Å². The molecular formula is C14H16F3N5O3. The van der Waals surface area contributed by atoms with E-state index >= 15 is 0 Å². The third-order valence-electron chi connectivity index (χ3n) is 3.74. The van der Waals surface area contributed by atoms with Crippen molar-refractivity contribution < 1.29 is 27.2 Å². The van der Waals surface area contributed by atoms with Gasteiger partial charge in [0.2, 0.25) is 0 Å². The Morgan fingerprint density at radius 1 is 1.48 bits per heavy atom. The standard InChI is InChI=1S/C14H16F3N5O3/c1-8-5-10(14(15,16)17)20-22(8)7-11-19-13(25-21-11)12(23)18-6-9-3-2-4-24-9/h5,9H,2-4,6-7H2,1H3,(H,18,23)/t9-/m0/s1. The number of ether oxygens (including phenoxy) is 1. The van der Waals surface area contributed by atoms with E-state index in [1.165, 1.54) is 6.92 Å². The second-order valence-corrected chi connectivity index (χ2v) is 5.69. The fourth-order valence-corrected chi connectivity index (χ4v) is 2.44. The molecule has 1 N–H and O–H groups in total. The predicted octanol–water partition coefficient (Wildman–Crippen LogP) is 1.55. The molecule has 1 atom stereocenters. The molecule has 0 aromatic carbocycles. The summed E-state index contributed by atoms with van der Waals surface area (Å²) in [6.45, 7) is 2.36. The Labute approximate surface area is 140 Å². The van der Waals surface area contributed by atoms with Crippen molar-refractivity contribution in [2.75, 3.05) is 13.2 Å². The zero-order chi connectivity index (χ0) is 18.0. The van der Waals surface area contributed by atoms with Crippen molar-refractivity contribution in [2.45, 2.75) is 38.6 Å². The van der Waals surface area contributed by atoms with Gasteiger partial charge in [-0.1, -0.05) is 5.16 Å². The van der Waals surface area contributed by atoms with Gasteiger partial charge in [0, 0.05) is 18.8 Å². The van der Waals surface area contributed by atoms with Crippen LogP contribution in [0.15, 0.2) is 10.6 Å². The van der Waals surface area contributed by atoms with Gasteiger partial charge in [-0.25, -0.2) is 0 Å². The van der Waals surface area contributed by atoms with Crippen molar-refractivity contribution >= 4 is 5.91 Å². The summed E-state index contributed by atoms with van der Waals surface area (Å²) in [6.07, 6.45) is -2.73. The number of halogens is 3. The number of carbonyl (C=O) groups excluding carboxylic acids is 1. The number of rotatable bonds is 5. The second kappa shape index (κ2) is 6.82. The van der Waals surface area contributed by atoms with Gasteiger partial charge in [-0.15, -0.1) is 0 Å². The highest BCUT2D eigenvalue weighted by atomic mass is 19.4. The number of nitrogens with one attached hydrogen (secondary N) is 1. The highest BCUT2D eigenvalue weighted by Crippen LogP contribution is 2.28. The van der Waals surface area contributed by atoms with Gasteiger partial charge >= 0.3 is 18.0 Å². The quantitative estimate of drug-likeness (QED) is 0.870. The van der Waals surface area contributed by atoms with E-state index in [9.17, 15) is 18.0 Å². The van der Waals surface area contributed by atoms with Gasteiger partial charge in [-0.05, 0) is 25.8 Å². The first-order chi connectivity index (χ1) is 11.8. The molecule has 0 saturated carbocycles. The number of hydrogen-bond acceptors (Lipinski definition) is 6. The van der Waals surface area contributed by atoms with Gasteiger partial charge in [0.1, 0.15) is 6.54 Å². The van der Waals surface area contributed by atoms with Crippen LogP contribution in [0.3, 0.4) is 0 Å². The molecule has 2 aromatic rings. The Hall–Kier alpha value is -2.43. The number of carbonyl (C=O) groups is 1. The van der Waals surface area contributed by atoms with Crippen LogP contribution in [-0.4, -0.2) is 45.1 Å². The van der Waals surface area contributed by atoms with Crippen LogP contribution in [0.25, 0.3) is 0 Å². The number of alkyl halides is 3. The molecule has 1 aliphatic rings. The summed E-state index contributed by atoms with van der Waals surface area (Å²) in [6, 6.07) is 0.926. The molecule has 2 aromatic heterocycles. The van der Waals surface area contributed by atoms with Crippen LogP contribution in [-0.2, 0) is 17.5 Å². The largest absolute Gasteiger partial charge is 0.435 e. The van der Waals surface area contributed by atoms with Gasteiger partial charge in [-0.3, -0.25) is 9.48 Å². The lowest BCUT2D eigenvalue weighted by molar-refractivity contribution is -0.141. The minimum atomic E-state index is -4.53. The van der Waals surface area contributed by atoms with E-state index in [1.807, 2.05) is 0 Å². The van der Waals surface area contributed by atoms with E-state index < -0.39 is 17.8 Å². The lowest BCUT2D eigenvalue weighted by Gasteiger charge is -2.08. The van der Waals surface area contributed by atoms with Gasteiger partial charge < -0.3 is 14.6 Å². The lowest BCUT2D eigenvalue weighted by Crippen LogP contribution is -2.31. The molecule has 0 bridgehead atoms. The van der Waals surface area contributed by atoms with Crippen LogP contribution in [0.4, 0.5) is 13.2 Å². The summed E-state index contributed by atoms with van der Waals surface area (Å²) in [4.78, 5) is 15.8. The van der Waals surface area contributed by atoms with Crippen LogP contribution < -0.4 is 5.32 Å². The Morgan fingerprint density at radius 2 is 2.28 bits per heavy atom. The first kappa shape index (κ1) is 17.4. The summed E-state index contributed by atoms with van der Waals surface area (Å²) in [7, 11) is 0. The number of aryl methyl sites for hydroxylation is 1. The fourth-order valence-electron chi connectivity index (χ4n) is 2.44. The highest BCUT2D eigenvalue weighted by Gasteiger charge is 2.34. The van der Waals surface area contributed by atoms with E-state index in [4.69, 9.17) is 9.26 Å². The molecule has 0 unspecified atom stereocenters. The van der Waals surface area contributed by atoms with E-state index in [2.05, 4.69) is 20.6 Å². The predicted molar refractivity (Wildman–Crippen MR) is 76.7 cm³/mol. The molecule has 1 amide bonds. The summed E-state index contributed by atoms with van der Waals surface area (Å²) < 4.78 is 49.3. The Kier molecular flexibility index (Phi) is 4.75. The second-order valence-electron chi connectivity index (χ2n) is 5.69. The fraction of sp³-hybridized carbons (Fsp3) is 0.571. The number of amides is 1. The normalized spacial score (nSPS) is 17.8. The maximum absolute atomic E-state index is 12.7. The van der Waals surface area contributed by atoms with Gasteiger partial charge in [0.15, 0.2) is 11.5 Å². The minimum Gasteiger partial charge on any atom is -0.376 e. The molecule has 25 heavy (non-hydrogen) atoms. The number of aromatic nitrogens is 4. The Bertz CT molecular complexity index is 749. The molecule has 3 heterocycles. The van der Waals surface area contributed by atoms with Gasteiger partial charge in [0.05, 0.1) is 6.10 Å². The van der Waals surface area contributed by atoms with Gasteiger partial charge in [-0.2, -0.15) is 23.3 Å². The lowest BCUT2D eigenvalue weighted by atomic mass is 10.2. The van der Waals surface area contributed by atoms with Crippen molar-refractivity contribution in [1.82, 2.24) is 25.2 Å². The maximum atomic E-state index is 12.7. The molecular weight excluding hydrogens is 343 g/mol. The average molecular weight is 359 g/mol.